The van der Waals surface area contributed by atoms with Gasteiger partial charge in [0.05, 0.1) is 6.54 Å². The Hall–Kier alpha value is -3.60. The molecule has 146 valence electrons. The molecule has 0 unspecified atom stereocenters. The molecule has 0 fully saturated rings. The Labute approximate surface area is 170 Å². The molecule has 4 aromatic rings. The van der Waals surface area contributed by atoms with Gasteiger partial charge < -0.3 is 15.8 Å². The summed E-state index contributed by atoms with van der Waals surface area (Å²) in [6.45, 7) is 3.24. The summed E-state index contributed by atoms with van der Waals surface area (Å²) < 4.78 is 5.67. The molecule has 0 bridgehead atoms. The van der Waals surface area contributed by atoms with Gasteiger partial charge in [-0.3, -0.25) is 0 Å². The topological polar surface area (TPSA) is 73.1 Å². The van der Waals surface area contributed by atoms with Crippen LogP contribution in [0.25, 0.3) is 10.8 Å². The Bertz CT molecular complexity index is 1090. The fourth-order valence-electron chi connectivity index (χ4n) is 3.47. The number of nitrogens with one attached hydrogen (secondary N) is 1. The normalized spacial score (nSPS) is 11.9. The Kier molecular flexibility index (Phi) is 5.56. The average Bonchev–Trinajstić information content (AvgIpc) is 2.77. The molecular weight excluding hydrogens is 360 g/mol. The molecule has 0 amide bonds. The highest BCUT2D eigenvalue weighted by Gasteiger charge is 2.16. The highest BCUT2D eigenvalue weighted by molar-refractivity contribution is 5.86. The molecule has 0 aliphatic rings. The molecule has 0 aliphatic carbocycles. The van der Waals surface area contributed by atoms with E-state index in [-0.39, 0.29) is 5.92 Å². The number of hydrogen-bond donors (Lipinski definition) is 2. The first kappa shape index (κ1) is 18.7. The van der Waals surface area contributed by atoms with Crippen LogP contribution in [0.3, 0.4) is 0 Å². The largest absolute Gasteiger partial charge is 0.492 e. The third-order valence-electron chi connectivity index (χ3n) is 5.00. The molecule has 0 saturated heterocycles. The lowest BCUT2D eigenvalue weighted by Gasteiger charge is -2.17. The van der Waals surface area contributed by atoms with Crippen LogP contribution in [0.1, 0.15) is 24.0 Å². The van der Waals surface area contributed by atoms with E-state index in [0.29, 0.717) is 24.9 Å². The van der Waals surface area contributed by atoms with E-state index in [1.807, 2.05) is 36.5 Å². The fourth-order valence-corrected chi connectivity index (χ4v) is 3.47. The van der Waals surface area contributed by atoms with Crippen LogP contribution in [0.5, 0.6) is 5.75 Å². The lowest BCUT2D eigenvalue weighted by atomic mass is 9.90. The molecule has 1 atom stereocenters. The molecule has 29 heavy (non-hydrogen) atoms. The van der Waals surface area contributed by atoms with Crippen molar-refractivity contribution in [3.63, 3.8) is 0 Å². The van der Waals surface area contributed by atoms with Gasteiger partial charge in [-0.15, -0.1) is 0 Å². The van der Waals surface area contributed by atoms with Crippen LogP contribution >= 0.6 is 0 Å². The predicted molar refractivity (Wildman–Crippen MR) is 118 cm³/mol. The van der Waals surface area contributed by atoms with Gasteiger partial charge >= 0.3 is 0 Å². The first-order valence-electron chi connectivity index (χ1n) is 9.74. The second-order valence-corrected chi connectivity index (χ2v) is 6.91. The Morgan fingerprint density at radius 2 is 1.69 bits per heavy atom. The van der Waals surface area contributed by atoms with Crippen LogP contribution in [-0.4, -0.2) is 23.1 Å². The van der Waals surface area contributed by atoms with Crippen molar-refractivity contribution in [2.45, 2.75) is 12.8 Å². The highest BCUT2D eigenvalue weighted by atomic mass is 16.5. The number of para-hydroxylation sites is 1. The number of fused-ring (bicyclic) bond motifs is 1. The van der Waals surface area contributed by atoms with E-state index in [1.54, 1.807) is 0 Å². The van der Waals surface area contributed by atoms with Gasteiger partial charge in [0.15, 0.2) is 0 Å². The highest BCUT2D eigenvalue weighted by Crippen LogP contribution is 2.32. The maximum absolute atomic E-state index is 6.28. The van der Waals surface area contributed by atoms with Gasteiger partial charge in [-0.2, -0.15) is 4.98 Å². The number of nitrogens with zero attached hydrogens (tertiary/aromatic N) is 2. The minimum absolute atomic E-state index is 0.0940. The van der Waals surface area contributed by atoms with Crippen molar-refractivity contribution in [3.05, 3.63) is 90.1 Å². The molecule has 3 N–H and O–H groups in total. The van der Waals surface area contributed by atoms with Crippen LogP contribution in [0.4, 0.5) is 11.8 Å². The van der Waals surface area contributed by atoms with E-state index in [4.69, 9.17) is 10.5 Å². The molecule has 0 saturated carbocycles. The number of benzene rings is 3. The van der Waals surface area contributed by atoms with E-state index < -0.39 is 0 Å². The lowest BCUT2D eigenvalue weighted by molar-refractivity contribution is 0.332. The SMILES string of the molecule is C[C@H](c1cnc(NCCOc2ccccc2)nc1N)c1cccc2ccccc12. The van der Waals surface area contributed by atoms with Crippen molar-refractivity contribution >= 4 is 22.5 Å². The predicted octanol–water partition coefficient (Wildman–Crippen LogP) is 4.85. The van der Waals surface area contributed by atoms with Gasteiger partial charge in [0.1, 0.15) is 18.2 Å². The number of anilines is 2. The van der Waals surface area contributed by atoms with E-state index in [2.05, 4.69) is 64.7 Å². The van der Waals surface area contributed by atoms with Crippen molar-refractivity contribution < 1.29 is 4.74 Å². The van der Waals surface area contributed by atoms with E-state index >= 15 is 0 Å². The number of nitrogen functional groups attached to an aromatic ring is 1. The van der Waals surface area contributed by atoms with E-state index in [0.717, 1.165) is 11.3 Å². The third-order valence-corrected chi connectivity index (χ3v) is 5.00. The molecule has 1 heterocycles. The van der Waals surface area contributed by atoms with E-state index in [9.17, 15) is 0 Å². The third kappa shape index (κ3) is 4.29. The lowest BCUT2D eigenvalue weighted by Crippen LogP contribution is -2.15. The van der Waals surface area contributed by atoms with Gasteiger partial charge in [0.2, 0.25) is 5.95 Å². The molecule has 5 heteroatoms. The molecule has 1 aromatic heterocycles. The van der Waals surface area contributed by atoms with Crippen molar-refractivity contribution in [2.24, 2.45) is 0 Å². The zero-order chi connectivity index (χ0) is 20.1. The van der Waals surface area contributed by atoms with Gasteiger partial charge in [-0.25, -0.2) is 4.98 Å². The zero-order valence-corrected chi connectivity index (χ0v) is 16.4. The Morgan fingerprint density at radius 3 is 2.52 bits per heavy atom. The van der Waals surface area contributed by atoms with Crippen LogP contribution < -0.4 is 15.8 Å². The Balaban J connectivity index is 1.44. The molecule has 0 aliphatic heterocycles. The zero-order valence-electron chi connectivity index (χ0n) is 16.4. The van der Waals surface area contributed by atoms with Crippen LogP contribution in [-0.2, 0) is 0 Å². The van der Waals surface area contributed by atoms with Gasteiger partial charge in [-0.05, 0) is 28.5 Å². The second kappa shape index (κ2) is 8.61. The first-order chi connectivity index (χ1) is 14.2. The molecule has 4 rings (SSSR count). The van der Waals surface area contributed by atoms with Crippen molar-refractivity contribution in [3.8, 4) is 5.75 Å². The van der Waals surface area contributed by atoms with Gasteiger partial charge in [0, 0.05) is 17.7 Å². The summed E-state index contributed by atoms with van der Waals surface area (Å²) in [7, 11) is 0. The van der Waals surface area contributed by atoms with Crippen LogP contribution in [0, 0.1) is 0 Å². The maximum atomic E-state index is 6.28. The van der Waals surface area contributed by atoms with E-state index in [1.165, 1.54) is 16.3 Å². The summed E-state index contributed by atoms with van der Waals surface area (Å²) in [5.74, 6) is 1.94. The first-order valence-corrected chi connectivity index (χ1v) is 9.74. The van der Waals surface area contributed by atoms with Gasteiger partial charge in [0.25, 0.3) is 0 Å². The number of aromatic nitrogens is 2. The molecule has 3 aromatic carbocycles. The van der Waals surface area contributed by atoms with Crippen LogP contribution in [0.2, 0.25) is 0 Å². The fraction of sp³-hybridized carbons (Fsp3) is 0.167. The number of rotatable bonds is 7. The summed E-state index contributed by atoms with van der Waals surface area (Å²) >= 11 is 0. The minimum atomic E-state index is 0.0940. The van der Waals surface area contributed by atoms with Crippen molar-refractivity contribution in [2.75, 3.05) is 24.2 Å². The summed E-state index contributed by atoms with van der Waals surface area (Å²) in [6.07, 6.45) is 1.81. The van der Waals surface area contributed by atoms with Crippen molar-refractivity contribution in [1.82, 2.24) is 9.97 Å². The molecule has 5 nitrogen and oxygen atoms in total. The van der Waals surface area contributed by atoms with Gasteiger partial charge in [-0.1, -0.05) is 67.6 Å². The van der Waals surface area contributed by atoms with Crippen molar-refractivity contribution in [1.29, 1.82) is 0 Å². The minimum Gasteiger partial charge on any atom is -0.492 e. The maximum Gasteiger partial charge on any atom is 0.224 e. The molecular formula is C24H24N4O. The smallest absolute Gasteiger partial charge is 0.224 e. The summed E-state index contributed by atoms with van der Waals surface area (Å²) in [4.78, 5) is 8.90. The number of hydrogen-bond acceptors (Lipinski definition) is 5. The molecule has 0 spiro atoms. The Morgan fingerprint density at radius 1 is 0.931 bits per heavy atom. The monoisotopic (exact) mass is 384 g/mol. The standard InChI is InChI=1S/C24H24N4O/c1-17(20-13-7-9-18-8-5-6-12-21(18)20)22-16-27-24(28-23(22)25)26-14-15-29-19-10-3-2-4-11-19/h2-13,16-17H,14-15H2,1H3,(H3,25,26,27,28)/t17-/m0/s1. The quantitative estimate of drug-likeness (QED) is 0.445. The second-order valence-electron chi connectivity index (χ2n) is 6.91. The molecule has 0 radical (unpaired) electrons. The summed E-state index contributed by atoms with van der Waals surface area (Å²) in [5, 5.41) is 5.60. The summed E-state index contributed by atoms with van der Waals surface area (Å²) in [5.41, 5.74) is 8.42. The number of nitrogens with two attached hydrogens (primary N) is 1. The van der Waals surface area contributed by atoms with Crippen LogP contribution in [0.15, 0.2) is 79.0 Å². The number of ether oxygens (including phenoxy) is 1. The summed E-state index contributed by atoms with van der Waals surface area (Å²) in [6, 6.07) is 24.4. The average molecular weight is 384 g/mol.